The highest BCUT2D eigenvalue weighted by Crippen LogP contribution is 1.92. The van der Waals surface area contributed by atoms with E-state index in [0.717, 1.165) is 19.4 Å². The van der Waals surface area contributed by atoms with Gasteiger partial charge in [0.15, 0.2) is 0 Å². The Morgan fingerprint density at radius 2 is 1.78 bits per heavy atom. The topological polar surface area (TPSA) is 59.3 Å². The summed E-state index contributed by atoms with van der Waals surface area (Å²) in [5.74, 6) is -0.348. The monoisotopic (exact) mass is 253 g/mol. The maximum atomic E-state index is 10.9. The number of nitriles is 1. The predicted octanol–water partition coefficient (Wildman–Crippen LogP) is 3.01. The van der Waals surface area contributed by atoms with Gasteiger partial charge in [0.25, 0.3) is 0 Å². The molecule has 4 heteroatoms. The number of nitrogens with zero attached hydrogens (tertiary/aromatic N) is 1. The molecule has 0 rings (SSSR count). The van der Waals surface area contributed by atoms with Gasteiger partial charge in [0, 0.05) is 17.8 Å². The summed E-state index contributed by atoms with van der Waals surface area (Å²) in [5, 5.41) is 7.79. The van der Waals surface area contributed by atoms with Gasteiger partial charge in [-0.15, -0.1) is 0 Å². The molecule has 0 atom stereocenters. The summed E-state index contributed by atoms with van der Waals surface area (Å²) < 4.78 is 10.0. The van der Waals surface area contributed by atoms with E-state index in [4.69, 9.17) is 14.7 Å². The molecule has 0 spiro atoms. The Morgan fingerprint density at radius 1 is 1.22 bits per heavy atom. The van der Waals surface area contributed by atoms with Crippen molar-refractivity contribution in [3.8, 4) is 6.07 Å². The van der Waals surface area contributed by atoms with E-state index in [-0.39, 0.29) is 5.97 Å². The second kappa shape index (κ2) is 13.5. The number of allylic oxidation sites excluding steroid dienone is 1. The zero-order valence-corrected chi connectivity index (χ0v) is 11.6. The molecule has 0 aromatic heterocycles. The molecule has 0 bridgehead atoms. The molecule has 0 saturated carbocycles. The molecule has 0 saturated heterocycles. The summed E-state index contributed by atoms with van der Waals surface area (Å²) >= 11 is 0. The summed E-state index contributed by atoms with van der Waals surface area (Å²) in [6.07, 6.45) is 2.17. The Balaban J connectivity index is 0. The number of hydrogen-bond acceptors (Lipinski definition) is 4. The largest absolute Gasteiger partial charge is 0.460 e. The van der Waals surface area contributed by atoms with E-state index in [1.54, 1.807) is 13.8 Å². The first-order valence-corrected chi connectivity index (χ1v) is 5.91. The van der Waals surface area contributed by atoms with Crippen LogP contribution in [0.5, 0.6) is 0 Å². The summed E-state index contributed by atoms with van der Waals surface area (Å²) in [6, 6.07) is 1.83. The number of unbranched alkanes of at least 4 members (excludes halogenated alkanes) is 1. The molecule has 0 aromatic carbocycles. The predicted molar refractivity (Wildman–Crippen MR) is 71.9 cm³/mol. The zero-order chi connectivity index (χ0) is 14.4. The minimum atomic E-state index is -0.348. The first-order valence-electron chi connectivity index (χ1n) is 5.91. The summed E-state index contributed by atoms with van der Waals surface area (Å²) in [6.45, 7) is 13.7. The molecule has 0 aliphatic rings. The van der Waals surface area contributed by atoms with Crippen LogP contribution < -0.4 is 0 Å². The van der Waals surface area contributed by atoms with Crippen LogP contribution in [0.3, 0.4) is 0 Å². The Hall–Kier alpha value is -1.60. The van der Waals surface area contributed by atoms with Crippen LogP contribution in [0.2, 0.25) is 0 Å². The molecule has 4 nitrogen and oxygen atoms in total. The van der Waals surface area contributed by atoms with Crippen molar-refractivity contribution < 1.29 is 14.3 Å². The van der Waals surface area contributed by atoms with E-state index < -0.39 is 0 Å². The molecular weight excluding hydrogens is 230 g/mol. The summed E-state index contributed by atoms with van der Waals surface area (Å²) in [5.41, 5.74) is 0.985. The van der Waals surface area contributed by atoms with Crippen LogP contribution in [0, 0.1) is 11.3 Å². The third kappa shape index (κ3) is 16.8. The number of ether oxygens (including phenoxy) is 2. The highest BCUT2D eigenvalue weighted by molar-refractivity contribution is 5.86. The van der Waals surface area contributed by atoms with Crippen LogP contribution in [0.1, 0.15) is 33.6 Å². The standard InChI is InChI=1S/C10H18O3.C4H5N/c1-4-5-6-12-7-8-13-10(11)9(2)3;1-4(2)3-5/h2,4-8H2,1,3H3;1H2,2H3. The Bertz CT molecular complexity index is 303. The van der Waals surface area contributed by atoms with Gasteiger partial charge < -0.3 is 9.47 Å². The average Bonchev–Trinajstić information content (AvgIpc) is 2.33. The van der Waals surface area contributed by atoms with Crippen molar-refractivity contribution in [3.05, 3.63) is 24.3 Å². The van der Waals surface area contributed by atoms with Crippen LogP contribution in [-0.4, -0.2) is 25.8 Å². The summed E-state index contributed by atoms with van der Waals surface area (Å²) in [7, 11) is 0. The molecule has 102 valence electrons. The van der Waals surface area contributed by atoms with Crippen molar-refractivity contribution in [2.24, 2.45) is 0 Å². The van der Waals surface area contributed by atoms with Gasteiger partial charge in [-0.05, 0) is 20.3 Å². The SMILES string of the molecule is C=C(C)C#N.C=C(C)C(=O)OCCOCCCC. The molecule has 0 N–H and O–H groups in total. The van der Waals surface area contributed by atoms with E-state index in [1.807, 2.05) is 6.07 Å². The van der Waals surface area contributed by atoms with Gasteiger partial charge in [0.1, 0.15) is 6.61 Å². The number of hydrogen-bond donors (Lipinski definition) is 0. The fourth-order valence-corrected chi connectivity index (χ4v) is 0.665. The van der Waals surface area contributed by atoms with Gasteiger partial charge in [-0.1, -0.05) is 26.5 Å². The van der Waals surface area contributed by atoms with E-state index in [2.05, 4.69) is 20.1 Å². The highest BCUT2D eigenvalue weighted by Gasteiger charge is 2.01. The summed E-state index contributed by atoms with van der Waals surface area (Å²) in [4.78, 5) is 10.9. The quantitative estimate of drug-likeness (QED) is 0.303. The minimum absolute atomic E-state index is 0.315. The lowest BCUT2D eigenvalue weighted by Crippen LogP contribution is -2.11. The van der Waals surface area contributed by atoms with Crippen LogP contribution in [0.25, 0.3) is 0 Å². The van der Waals surface area contributed by atoms with Crippen LogP contribution in [0.4, 0.5) is 0 Å². The fraction of sp³-hybridized carbons (Fsp3) is 0.571. The van der Waals surface area contributed by atoms with Gasteiger partial charge in [0.2, 0.25) is 0 Å². The maximum absolute atomic E-state index is 10.9. The molecule has 0 fully saturated rings. The van der Waals surface area contributed by atoms with Crippen molar-refractivity contribution in [1.29, 1.82) is 5.26 Å². The molecule has 18 heavy (non-hydrogen) atoms. The van der Waals surface area contributed by atoms with Crippen LogP contribution in [-0.2, 0) is 14.3 Å². The van der Waals surface area contributed by atoms with E-state index in [0.29, 0.717) is 24.4 Å². The van der Waals surface area contributed by atoms with Crippen molar-refractivity contribution in [1.82, 2.24) is 0 Å². The first-order chi connectivity index (χ1) is 8.45. The molecule has 0 unspecified atom stereocenters. The maximum Gasteiger partial charge on any atom is 0.333 e. The van der Waals surface area contributed by atoms with E-state index >= 15 is 0 Å². The van der Waals surface area contributed by atoms with E-state index in [9.17, 15) is 4.79 Å². The molecule has 0 aromatic rings. The number of carbonyl (C=O) groups excluding carboxylic acids is 1. The Kier molecular flexibility index (Phi) is 14.0. The van der Waals surface area contributed by atoms with E-state index in [1.165, 1.54) is 0 Å². The third-order valence-electron chi connectivity index (χ3n) is 1.64. The lowest BCUT2D eigenvalue weighted by molar-refractivity contribution is -0.140. The molecular formula is C14H23NO3. The van der Waals surface area contributed by atoms with Crippen LogP contribution in [0.15, 0.2) is 24.3 Å². The number of carbonyl (C=O) groups is 1. The molecule has 0 heterocycles. The van der Waals surface area contributed by atoms with Crippen LogP contribution >= 0.6 is 0 Å². The van der Waals surface area contributed by atoms with Crippen molar-refractivity contribution in [2.75, 3.05) is 19.8 Å². The second-order valence-corrected chi connectivity index (χ2v) is 3.77. The van der Waals surface area contributed by atoms with Crippen molar-refractivity contribution >= 4 is 5.97 Å². The number of esters is 1. The van der Waals surface area contributed by atoms with Crippen molar-refractivity contribution in [3.63, 3.8) is 0 Å². The fourth-order valence-electron chi connectivity index (χ4n) is 0.665. The smallest absolute Gasteiger partial charge is 0.333 e. The van der Waals surface area contributed by atoms with Gasteiger partial charge in [-0.2, -0.15) is 5.26 Å². The van der Waals surface area contributed by atoms with Gasteiger partial charge >= 0.3 is 5.97 Å². The van der Waals surface area contributed by atoms with Gasteiger partial charge in [0.05, 0.1) is 12.7 Å². The Labute approximate surface area is 110 Å². The molecule has 0 radical (unpaired) electrons. The van der Waals surface area contributed by atoms with Gasteiger partial charge in [-0.3, -0.25) is 0 Å². The zero-order valence-electron chi connectivity index (χ0n) is 11.6. The Morgan fingerprint density at radius 3 is 2.17 bits per heavy atom. The third-order valence-corrected chi connectivity index (χ3v) is 1.64. The lowest BCUT2D eigenvalue weighted by Gasteiger charge is -2.04. The molecule has 0 aliphatic heterocycles. The molecule has 0 amide bonds. The lowest BCUT2D eigenvalue weighted by atomic mass is 10.4. The highest BCUT2D eigenvalue weighted by atomic mass is 16.6. The van der Waals surface area contributed by atoms with Crippen molar-refractivity contribution in [2.45, 2.75) is 33.6 Å². The minimum Gasteiger partial charge on any atom is -0.460 e. The average molecular weight is 253 g/mol. The molecule has 0 aliphatic carbocycles. The number of rotatable bonds is 7. The first kappa shape index (κ1) is 18.8. The normalized spacial score (nSPS) is 8.56. The van der Waals surface area contributed by atoms with Gasteiger partial charge in [-0.25, -0.2) is 4.79 Å². The second-order valence-electron chi connectivity index (χ2n) is 3.77.